The normalized spacial score (nSPS) is 10.4. The molecule has 0 atom stereocenters. The fourth-order valence-corrected chi connectivity index (χ4v) is 2.68. The fourth-order valence-electron chi connectivity index (χ4n) is 2.68. The summed E-state index contributed by atoms with van der Waals surface area (Å²) in [6.07, 6.45) is 3.57. The first-order valence-electron chi connectivity index (χ1n) is 8.45. The van der Waals surface area contributed by atoms with Crippen LogP contribution in [0, 0.1) is 18.8 Å². The first kappa shape index (κ1) is 18.0. The summed E-state index contributed by atoms with van der Waals surface area (Å²) in [5.41, 5.74) is 4.70. The second-order valence-electron chi connectivity index (χ2n) is 6.09. The van der Waals surface area contributed by atoms with Crippen molar-refractivity contribution in [2.45, 2.75) is 6.92 Å². The SMILES string of the molecule is Cc1ccc(-c2c(O)cccc2/C=C/C#Cc2ccc(C(=O)O)cc2)cc1. The second kappa shape index (κ2) is 8.07. The van der Waals surface area contributed by atoms with Gasteiger partial charge in [-0.05, 0) is 60.5 Å². The highest BCUT2D eigenvalue weighted by Crippen LogP contribution is 2.33. The van der Waals surface area contributed by atoms with E-state index >= 15 is 0 Å². The van der Waals surface area contributed by atoms with Gasteiger partial charge in [0.1, 0.15) is 5.75 Å². The molecule has 3 aromatic rings. The molecule has 2 N–H and O–H groups in total. The van der Waals surface area contributed by atoms with Gasteiger partial charge in [-0.3, -0.25) is 0 Å². The number of allylic oxidation sites excluding steroid dienone is 1. The summed E-state index contributed by atoms with van der Waals surface area (Å²) in [4.78, 5) is 10.9. The molecule has 0 aliphatic heterocycles. The summed E-state index contributed by atoms with van der Waals surface area (Å²) in [5.74, 6) is 5.18. The van der Waals surface area contributed by atoms with Gasteiger partial charge in [-0.2, -0.15) is 0 Å². The van der Waals surface area contributed by atoms with Gasteiger partial charge in [0, 0.05) is 11.1 Å². The molecule has 0 aliphatic rings. The van der Waals surface area contributed by atoms with Crippen LogP contribution in [0.4, 0.5) is 0 Å². The van der Waals surface area contributed by atoms with Gasteiger partial charge in [-0.1, -0.05) is 53.8 Å². The molecule has 132 valence electrons. The Morgan fingerprint density at radius 3 is 2.33 bits per heavy atom. The molecular weight excluding hydrogens is 336 g/mol. The van der Waals surface area contributed by atoms with E-state index in [1.807, 2.05) is 43.3 Å². The van der Waals surface area contributed by atoms with Crippen LogP contribution in [0.5, 0.6) is 5.75 Å². The van der Waals surface area contributed by atoms with Crippen LogP contribution in [-0.4, -0.2) is 16.2 Å². The van der Waals surface area contributed by atoms with Crippen molar-refractivity contribution in [3.8, 4) is 28.7 Å². The zero-order chi connectivity index (χ0) is 19.2. The lowest BCUT2D eigenvalue weighted by molar-refractivity contribution is 0.0697. The van der Waals surface area contributed by atoms with Gasteiger partial charge in [0.15, 0.2) is 0 Å². The molecule has 0 aromatic heterocycles. The second-order valence-corrected chi connectivity index (χ2v) is 6.09. The molecule has 0 radical (unpaired) electrons. The molecule has 0 saturated carbocycles. The van der Waals surface area contributed by atoms with Gasteiger partial charge in [-0.15, -0.1) is 0 Å². The van der Waals surface area contributed by atoms with Crippen LogP contribution >= 0.6 is 0 Å². The van der Waals surface area contributed by atoms with Crippen molar-refractivity contribution in [1.82, 2.24) is 0 Å². The topological polar surface area (TPSA) is 57.5 Å². The summed E-state index contributed by atoms with van der Waals surface area (Å²) in [6.45, 7) is 2.02. The molecule has 27 heavy (non-hydrogen) atoms. The Morgan fingerprint density at radius 2 is 1.67 bits per heavy atom. The standard InChI is InChI=1S/C24H18O3/c1-17-9-13-20(14-10-17)23-19(7-4-8-22(23)25)6-3-2-5-18-11-15-21(16-12-18)24(26)27/h3-4,6-16,25H,1H3,(H,26,27)/b6-3+. The lowest BCUT2D eigenvalue weighted by atomic mass is 9.97. The van der Waals surface area contributed by atoms with Crippen molar-refractivity contribution >= 4 is 12.0 Å². The third-order valence-electron chi connectivity index (χ3n) is 4.11. The number of carbonyl (C=O) groups is 1. The maximum absolute atomic E-state index is 10.9. The fraction of sp³-hybridized carbons (Fsp3) is 0.0417. The first-order chi connectivity index (χ1) is 13.0. The summed E-state index contributed by atoms with van der Waals surface area (Å²) in [6, 6.07) is 19.8. The number of phenolic OH excluding ortho intramolecular Hbond substituents is 1. The van der Waals surface area contributed by atoms with E-state index in [9.17, 15) is 9.90 Å². The highest BCUT2D eigenvalue weighted by atomic mass is 16.4. The molecule has 0 spiro atoms. The lowest BCUT2D eigenvalue weighted by Gasteiger charge is -2.09. The molecule has 3 rings (SSSR count). The van der Waals surface area contributed by atoms with Crippen molar-refractivity contribution in [1.29, 1.82) is 0 Å². The van der Waals surface area contributed by atoms with Gasteiger partial charge in [-0.25, -0.2) is 4.79 Å². The smallest absolute Gasteiger partial charge is 0.335 e. The maximum atomic E-state index is 10.9. The number of aryl methyl sites for hydroxylation is 1. The largest absolute Gasteiger partial charge is 0.507 e. The number of rotatable bonds is 3. The van der Waals surface area contributed by atoms with E-state index in [0.717, 1.165) is 27.8 Å². The van der Waals surface area contributed by atoms with Crippen LogP contribution in [-0.2, 0) is 0 Å². The molecule has 0 aliphatic carbocycles. The van der Waals surface area contributed by atoms with E-state index in [0.29, 0.717) is 0 Å². The van der Waals surface area contributed by atoms with E-state index in [-0.39, 0.29) is 11.3 Å². The monoisotopic (exact) mass is 354 g/mol. The molecular formula is C24H18O3. The molecule has 0 saturated heterocycles. The molecule has 0 unspecified atom stereocenters. The molecule has 3 nitrogen and oxygen atoms in total. The average molecular weight is 354 g/mol. The number of hydrogen-bond acceptors (Lipinski definition) is 2. The minimum atomic E-state index is -0.957. The van der Waals surface area contributed by atoms with E-state index < -0.39 is 5.97 Å². The molecule has 0 fully saturated rings. The van der Waals surface area contributed by atoms with Crippen molar-refractivity contribution in [2.24, 2.45) is 0 Å². The van der Waals surface area contributed by atoms with Crippen molar-refractivity contribution in [3.05, 3.63) is 95.1 Å². The van der Waals surface area contributed by atoms with Crippen LogP contribution in [0.3, 0.4) is 0 Å². The van der Waals surface area contributed by atoms with E-state index in [1.54, 1.807) is 30.3 Å². The predicted molar refractivity (Wildman–Crippen MR) is 108 cm³/mol. The Kier molecular flexibility index (Phi) is 5.39. The van der Waals surface area contributed by atoms with Crippen LogP contribution in [0.1, 0.15) is 27.0 Å². The Balaban J connectivity index is 1.85. The maximum Gasteiger partial charge on any atom is 0.335 e. The minimum absolute atomic E-state index is 0.221. The van der Waals surface area contributed by atoms with E-state index in [1.165, 1.54) is 12.1 Å². The Hall–Kier alpha value is -3.77. The lowest BCUT2D eigenvalue weighted by Crippen LogP contribution is -1.94. The van der Waals surface area contributed by atoms with Gasteiger partial charge in [0.25, 0.3) is 0 Å². The van der Waals surface area contributed by atoms with E-state index in [4.69, 9.17) is 5.11 Å². The zero-order valence-corrected chi connectivity index (χ0v) is 14.8. The average Bonchev–Trinajstić information content (AvgIpc) is 2.67. The van der Waals surface area contributed by atoms with Gasteiger partial charge in [0.2, 0.25) is 0 Å². The van der Waals surface area contributed by atoms with Crippen LogP contribution < -0.4 is 0 Å². The predicted octanol–water partition coefficient (Wildman–Crippen LogP) is 5.13. The van der Waals surface area contributed by atoms with Crippen LogP contribution in [0.25, 0.3) is 17.2 Å². The van der Waals surface area contributed by atoms with Gasteiger partial charge in [0.05, 0.1) is 5.56 Å². The number of aromatic hydroxyl groups is 1. The molecule has 0 bridgehead atoms. The third kappa shape index (κ3) is 4.45. The van der Waals surface area contributed by atoms with Crippen LogP contribution in [0.2, 0.25) is 0 Å². The number of phenols is 1. The Bertz CT molecular complexity index is 1050. The molecule has 3 heteroatoms. The molecule has 3 aromatic carbocycles. The minimum Gasteiger partial charge on any atom is -0.507 e. The highest BCUT2D eigenvalue weighted by Gasteiger charge is 2.08. The quantitative estimate of drug-likeness (QED) is 0.641. The molecule has 0 heterocycles. The van der Waals surface area contributed by atoms with Crippen LogP contribution in [0.15, 0.2) is 72.8 Å². The number of aromatic carboxylic acids is 1. The van der Waals surface area contributed by atoms with Crippen molar-refractivity contribution in [3.63, 3.8) is 0 Å². The van der Waals surface area contributed by atoms with Gasteiger partial charge < -0.3 is 10.2 Å². The number of benzene rings is 3. The number of carboxylic acids is 1. The Labute approximate surface area is 158 Å². The first-order valence-corrected chi connectivity index (χ1v) is 8.45. The highest BCUT2D eigenvalue weighted by molar-refractivity contribution is 5.87. The number of carboxylic acid groups (broad SMARTS) is 1. The third-order valence-corrected chi connectivity index (χ3v) is 4.11. The van der Waals surface area contributed by atoms with Gasteiger partial charge >= 0.3 is 5.97 Å². The summed E-state index contributed by atoms with van der Waals surface area (Å²) < 4.78 is 0. The van der Waals surface area contributed by atoms with Crippen molar-refractivity contribution in [2.75, 3.05) is 0 Å². The zero-order valence-electron chi connectivity index (χ0n) is 14.8. The molecule has 0 amide bonds. The summed E-state index contributed by atoms with van der Waals surface area (Å²) >= 11 is 0. The summed E-state index contributed by atoms with van der Waals surface area (Å²) in [7, 11) is 0. The number of hydrogen-bond donors (Lipinski definition) is 2. The van der Waals surface area contributed by atoms with E-state index in [2.05, 4.69) is 11.8 Å². The van der Waals surface area contributed by atoms with Crippen molar-refractivity contribution < 1.29 is 15.0 Å². The summed E-state index contributed by atoms with van der Waals surface area (Å²) in [5, 5.41) is 19.2. The Morgan fingerprint density at radius 1 is 0.963 bits per heavy atom.